The molecule has 5 nitrogen and oxygen atoms in total. The van der Waals surface area contributed by atoms with E-state index in [-0.39, 0.29) is 0 Å². The van der Waals surface area contributed by atoms with Crippen LogP contribution in [0.5, 0.6) is 0 Å². The molecule has 1 aliphatic heterocycles. The number of rotatable bonds is 8. The Morgan fingerprint density at radius 3 is 2.81 bits per heavy atom. The van der Waals surface area contributed by atoms with Gasteiger partial charge in [0.25, 0.3) is 0 Å². The molecular formula is C21H29N5. The fourth-order valence-corrected chi connectivity index (χ4v) is 3.34. The molecule has 0 aliphatic carbocycles. The van der Waals surface area contributed by atoms with Gasteiger partial charge in [0.1, 0.15) is 0 Å². The van der Waals surface area contributed by atoms with E-state index in [0.29, 0.717) is 11.9 Å². The van der Waals surface area contributed by atoms with E-state index in [9.17, 15) is 0 Å². The van der Waals surface area contributed by atoms with Crippen LogP contribution in [0, 0.1) is 5.92 Å². The molecule has 0 saturated carbocycles. The molecule has 0 amide bonds. The molecule has 0 radical (unpaired) electrons. The Labute approximate surface area is 156 Å². The summed E-state index contributed by atoms with van der Waals surface area (Å²) in [5.74, 6) is 1.16. The molecule has 1 fully saturated rings. The van der Waals surface area contributed by atoms with Crippen LogP contribution >= 0.6 is 0 Å². The van der Waals surface area contributed by atoms with E-state index in [0.717, 1.165) is 44.7 Å². The standard InChI is InChI=1S/C21H29N5/c22-21(24-13-9-20-8-4-5-12-23-20)25-16-19-11-15-26(17-19)14-10-18-6-2-1-3-7-18/h1-8,12,19H,9-11,13-17H2,(H3,22,24,25). The Kier molecular flexibility index (Phi) is 7.02. The molecular weight excluding hydrogens is 322 g/mol. The van der Waals surface area contributed by atoms with Crippen LogP contribution in [0.25, 0.3) is 0 Å². The first-order chi connectivity index (χ1) is 12.8. The fraction of sp³-hybridized carbons (Fsp3) is 0.429. The molecule has 1 saturated heterocycles. The molecule has 0 bridgehead atoms. The van der Waals surface area contributed by atoms with Crippen LogP contribution in [-0.2, 0) is 12.8 Å². The highest BCUT2D eigenvalue weighted by Crippen LogP contribution is 2.17. The van der Waals surface area contributed by atoms with Gasteiger partial charge in [-0.1, -0.05) is 36.4 Å². The number of nitrogens with one attached hydrogen (secondary N) is 1. The molecule has 26 heavy (non-hydrogen) atoms. The molecule has 1 atom stereocenters. The minimum absolute atomic E-state index is 0.545. The van der Waals surface area contributed by atoms with Crippen molar-refractivity contribution in [2.24, 2.45) is 16.6 Å². The number of aromatic nitrogens is 1. The lowest BCUT2D eigenvalue weighted by Gasteiger charge is -2.15. The van der Waals surface area contributed by atoms with Gasteiger partial charge in [-0.05, 0) is 43.0 Å². The number of hydrogen-bond acceptors (Lipinski definition) is 3. The molecule has 5 heteroatoms. The average molecular weight is 351 g/mol. The second kappa shape index (κ2) is 9.92. The molecule has 1 unspecified atom stereocenters. The normalized spacial score (nSPS) is 18.2. The summed E-state index contributed by atoms with van der Waals surface area (Å²) in [6.07, 6.45) is 5.00. The van der Waals surface area contributed by atoms with Crippen LogP contribution in [-0.4, -0.2) is 48.6 Å². The monoisotopic (exact) mass is 351 g/mol. The van der Waals surface area contributed by atoms with E-state index in [4.69, 9.17) is 5.73 Å². The topological polar surface area (TPSA) is 66.5 Å². The van der Waals surface area contributed by atoms with Gasteiger partial charge >= 0.3 is 0 Å². The number of guanidine groups is 1. The van der Waals surface area contributed by atoms with Crippen LogP contribution in [0.2, 0.25) is 0 Å². The summed E-state index contributed by atoms with van der Waals surface area (Å²) in [5, 5.41) is 3.19. The number of nitrogens with zero attached hydrogens (tertiary/aromatic N) is 3. The van der Waals surface area contributed by atoms with Gasteiger partial charge in [0.15, 0.2) is 5.96 Å². The van der Waals surface area contributed by atoms with Gasteiger partial charge < -0.3 is 16.0 Å². The number of nitrogens with two attached hydrogens (primary N) is 1. The van der Waals surface area contributed by atoms with Crippen molar-refractivity contribution in [3.05, 3.63) is 66.0 Å². The lowest BCUT2D eigenvalue weighted by Crippen LogP contribution is -2.34. The summed E-state index contributed by atoms with van der Waals surface area (Å²) in [4.78, 5) is 11.4. The summed E-state index contributed by atoms with van der Waals surface area (Å²) < 4.78 is 0. The maximum absolute atomic E-state index is 5.99. The lowest BCUT2D eigenvalue weighted by atomic mass is 10.1. The predicted octanol–water partition coefficient (Wildman–Crippen LogP) is 2.09. The first-order valence-corrected chi connectivity index (χ1v) is 9.49. The smallest absolute Gasteiger partial charge is 0.188 e. The zero-order chi connectivity index (χ0) is 18.0. The fourth-order valence-electron chi connectivity index (χ4n) is 3.34. The number of benzene rings is 1. The van der Waals surface area contributed by atoms with Crippen molar-refractivity contribution in [2.45, 2.75) is 19.3 Å². The third-order valence-electron chi connectivity index (χ3n) is 4.86. The molecule has 2 heterocycles. The van der Waals surface area contributed by atoms with Crippen molar-refractivity contribution in [1.29, 1.82) is 0 Å². The zero-order valence-corrected chi connectivity index (χ0v) is 15.3. The highest BCUT2D eigenvalue weighted by atomic mass is 15.2. The van der Waals surface area contributed by atoms with Gasteiger partial charge in [0.2, 0.25) is 0 Å². The van der Waals surface area contributed by atoms with Crippen molar-refractivity contribution in [1.82, 2.24) is 15.2 Å². The van der Waals surface area contributed by atoms with Gasteiger partial charge in [0.05, 0.1) is 0 Å². The van der Waals surface area contributed by atoms with Crippen LogP contribution in [0.15, 0.2) is 59.7 Å². The molecule has 3 rings (SSSR count). The number of likely N-dealkylation sites (tertiary alicyclic amines) is 1. The number of hydrogen-bond donors (Lipinski definition) is 2. The first kappa shape index (κ1) is 18.4. The molecule has 0 spiro atoms. The van der Waals surface area contributed by atoms with E-state index in [2.05, 4.69) is 50.5 Å². The van der Waals surface area contributed by atoms with Crippen molar-refractivity contribution in [3.63, 3.8) is 0 Å². The van der Waals surface area contributed by atoms with E-state index < -0.39 is 0 Å². The van der Waals surface area contributed by atoms with Gasteiger partial charge in [-0.2, -0.15) is 0 Å². The third-order valence-corrected chi connectivity index (χ3v) is 4.86. The maximum Gasteiger partial charge on any atom is 0.188 e. The average Bonchev–Trinajstić information content (AvgIpc) is 3.14. The van der Waals surface area contributed by atoms with E-state index in [1.807, 2.05) is 24.4 Å². The van der Waals surface area contributed by atoms with Gasteiger partial charge in [0, 0.05) is 44.5 Å². The van der Waals surface area contributed by atoms with Crippen LogP contribution in [0.1, 0.15) is 17.7 Å². The van der Waals surface area contributed by atoms with E-state index in [1.54, 1.807) is 0 Å². The van der Waals surface area contributed by atoms with Gasteiger partial charge in [-0.25, -0.2) is 0 Å². The van der Waals surface area contributed by atoms with Crippen LogP contribution < -0.4 is 11.1 Å². The van der Waals surface area contributed by atoms with Gasteiger partial charge in [-0.15, -0.1) is 0 Å². The zero-order valence-electron chi connectivity index (χ0n) is 15.3. The largest absolute Gasteiger partial charge is 0.370 e. The van der Waals surface area contributed by atoms with Gasteiger partial charge in [-0.3, -0.25) is 9.98 Å². The van der Waals surface area contributed by atoms with Crippen molar-refractivity contribution >= 4 is 5.96 Å². The predicted molar refractivity (Wildman–Crippen MR) is 107 cm³/mol. The number of pyridine rings is 1. The molecule has 1 aromatic heterocycles. The molecule has 3 N–H and O–H groups in total. The summed E-state index contributed by atoms with van der Waals surface area (Å²) in [6.45, 7) is 4.99. The third kappa shape index (κ3) is 6.15. The first-order valence-electron chi connectivity index (χ1n) is 9.49. The Morgan fingerprint density at radius 2 is 2.00 bits per heavy atom. The molecule has 2 aromatic rings. The minimum Gasteiger partial charge on any atom is -0.370 e. The minimum atomic E-state index is 0.545. The molecule has 138 valence electrons. The molecule has 1 aliphatic rings. The maximum atomic E-state index is 5.99. The lowest BCUT2D eigenvalue weighted by molar-refractivity contribution is 0.329. The quantitative estimate of drug-likeness (QED) is 0.565. The van der Waals surface area contributed by atoms with Crippen molar-refractivity contribution in [2.75, 3.05) is 32.7 Å². The summed E-state index contributed by atoms with van der Waals surface area (Å²) in [5.41, 5.74) is 8.47. The highest BCUT2D eigenvalue weighted by molar-refractivity contribution is 5.77. The van der Waals surface area contributed by atoms with Crippen molar-refractivity contribution < 1.29 is 0 Å². The second-order valence-corrected chi connectivity index (χ2v) is 6.91. The van der Waals surface area contributed by atoms with Crippen molar-refractivity contribution in [3.8, 4) is 0 Å². The molecule has 1 aromatic carbocycles. The van der Waals surface area contributed by atoms with Crippen LogP contribution in [0.4, 0.5) is 0 Å². The Morgan fingerprint density at radius 1 is 1.15 bits per heavy atom. The SMILES string of the molecule is NC(=NCC1CCN(CCc2ccccc2)C1)NCCc1ccccn1. The highest BCUT2D eigenvalue weighted by Gasteiger charge is 2.21. The van der Waals surface area contributed by atoms with Crippen LogP contribution in [0.3, 0.4) is 0 Å². The van der Waals surface area contributed by atoms with E-state index >= 15 is 0 Å². The summed E-state index contributed by atoms with van der Waals surface area (Å²) in [6, 6.07) is 16.7. The second-order valence-electron chi connectivity index (χ2n) is 6.91. The summed E-state index contributed by atoms with van der Waals surface area (Å²) >= 11 is 0. The van der Waals surface area contributed by atoms with E-state index in [1.165, 1.54) is 18.5 Å². The summed E-state index contributed by atoms with van der Waals surface area (Å²) in [7, 11) is 0. The Bertz CT molecular complexity index is 671. The Hall–Kier alpha value is -2.40. The Balaban J connectivity index is 1.32. The number of aliphatic imine (C=N–C) groups is 1.